The second kappa shape index (κ2) is 6.34. The van der Waals surface area contributed by atoms with Crippen molar-refractivity contribution in [3.63, 3.8) is 0 Å². The molecule has 1 rings (SSSR count). The molecule has 0 spiro atoms. The van der Waals surface area contributed by atoms with E-state index in [1.807, 2.05) is 13.8 Å². The Morgan fingerprint density at radius 2 is 1.94 bits per heavy atom. The Morgan fingerprint density at radius 1 is 1.28 bits per heavy atom. The van der Waals surface area contributed by atoms with Gasteiger partial charge >= 0.3 is 0 Å². The van der Waals surface area contributed by atoms with Gasteiger partial charge in [0.25, 0.3) is 0 Å². The van der Waals surface area contributed by atoms with Gasteiger partial charge in [-0.1, -0.05) is 25.4 Å². The average molecular weight is 272 g/mol. The zero-order valence-corrected chi connectivity index (χ0v) is 12.6. The van der Waals surface area contributed by atoms with Crippen LogP contribution in [0.2, 0.25) is 5.15 Å². The number of anilines is 1. The van der Waals surface area contributed by atoms with Gasteiger partial charge in [0.05, 0.1) is 0 Å². The predicted octanol–water partition coefficient (Wildman–Crippen LogP) is 3.22. The molecule has 1 heterocycles. The Labute approximate surface area is 114 Å². The monoisotopic (exact) mass is 271 g/mol. The molecular weight excluding hydrogens is 250 g/mol. The first-order valence-electron chi connectivity index (χ1n) is 6.09. The van der Waals surface area contributed by atoms with Crippen LogP contribution in [0.3, 0.4) is 0 Å². The second-order valence-electron chi connectivity index (χ2n) is 5.30. The van der Waals surface area contributed by atoms with Gasteiger partial charge in [0, 0.05) is 25.8 Å². The maximum atomic E-state index is 6.04. The highest BCUT2D eigenvalue weighted by atomic mass is 35.5. The number of hydrogen-bond acceptors (Lipinski definition) is 4. The molecule has 0 atom stereocenters. The molecule has 4 nitrogen and oxygen atoms in total. The molecule has 0 bridgehead atoms. The van der Waals surface area contributed by atoms with Crippen molar-refractivity contribution in [1.29, 1.82) is 0 Å². The van der Waals surface area contributed by atoms with E-state index in [0.29, 0.717) is 11.0 Å². The average Bonchev–Trinajstić information content (AvgIpc) is 2.29. The molecule has 102 valence electrons. The van der Waals surface area contributed by atoms with E-state index in [-0.39, 0.29) is 5.41 Å². The summed E-state index contributed by atoms with van der Waals surface area (Å²) in [6.07, 6.45) is 0.993. The highest BCUT2D eigenvalue weighted by Crippen LogP contribution is 2.24. The lowest BCUT2D eigenvalue weighted by Gasteiger charge is -2.25. The first-order chi connectivity index (χ1) is 8.35. The predicted molar refractivity (Wildman–Crippen MR) is 75.3 cm³/mol. The van der Waals surface area contributed by atoms with Crippen LogP contribution in [0.25, 0.3) is 0 Å². The van der Waals surface area contributed by atoms with Crippen LogP contribution in [-0.4, -0.2) is 30.2 Å². The molecule has 0 amide bonds. The van der Waals surface area contributed by atoms with Gasteiger partial charge in [-0.15, -0.1) is 0 Å². The van der Waals surface area contributed by atoms with Gasteiger partial charge in [0.15, 0.2) is 0 Å². The van der Waals surface area contributed by atoms with E-state index in [9.17, 15) is 0 Å². The quantitative estimate of drug-likeness (QED) is 0.807. The molecule has 0 unspecified atom stereocenters. The van der Waals surface area contributed by atoms with Gasteiger partial charge < -0.3 is 10.1 Å². The Hall–Kier alpha value is -0.870. The number of ether oxygens (including phenoxy) is 1. The van der Waals surface area contributed by atoms with E-state index in [1.54, 1.807) is 7.11 Å². The summed E-state index contributed by atoms with van der Waals surface area (Å²) in [5.74, 6) is 1.50. The van der Waals surface area contributed by atoms with E-state index in [1.165, 1.54) is 0 Å². The third kappa shape index (κ3) is 4.42. The number of nitrogens with zero attached hydrogens (tertiary/aromatic N) is 2. The fourth-order valence-corrected chi connectivity index (χ4v) is 1.77. The summed E-state index contributed by atoms with van der Waals surface area (Å²) in [5.41, 5.74) is 1.04. The fraction of sp³-hybridized carbons (Fsp3) is 0.692. The van der Waals surface area contributed by atoms with Crippen molar-refractivity contribution >= 4 is 17.4 Å². The topological polar surface area (TPSA) is 47.0 Å². The van der Waals surface area contributed by atoms with Crippen LogP contribution < -0.4 is 5.32 Å². The lowest BCUT2D eigenvalue weighted by atomic mass is 9.90. The molecular formula is C13H22ClN3O. The Morgan fingerprint density at radius 3 is 2.56 bits per heavy atom. The SMILES string of the molecule is COCCC(C)(C)CNc1nc(C)nc(Cl)c1C. The van der Waals surface area contributed by atoms with Crippen molar-refractivity contribution in [1.82, 2.24) is 9.97 Å². The minimum Gasteiger partial charge on any atom is -0.385 e. The third-order valence-corrected chi connectivity index (χ3v) is 3.28. The molecule has 0 aliphatic rings. The second-order valence-corrected chi connectivity index (χ2v) is 5.65. The molecule has 0 aliphatic carbocycles. The number of nitrogens with one attached hydrogen (secondary N) is 1. The lowest BCUT2D eigenvalue weighted by molar-refractivity contribution is 0.157. The summed E-state index contributed by atoms with van der Waals surface area (Å²) in [4.78, 5) is 8.50. The summed E-state index contributed by atoms with van der Waals surface area (Å²) >= 11 is 6.04. The summed E-state index contributed by atoms with van der Waals surface area (Å²) in [7, 11) is 1.72. The van der Waals surface area contributed by atoms with E-state index in [0.717, 1.165) is 31.0 Å². The van der Waals surface area contributed by atoms with Crippen molar-refractivity contribution in [3.8, 4) is 0 Å². The standard InChI is InChI=1S/C13H22ClN3O/c1-9-11(14)16-10(2)17-12(9)15-8-13(3,4)6-7-18-5/h6-8H2,1-5H3,(H,15,16,17). The lowest BCUT2D eigenvalue weighted by Crippen LogP contribution is -2.25. The molecule has 5 heteroatoms. The normalized spacial score (nSPS) is 11.7. The van der Waals surface area contributed by atoms with E-state index < -0.39 is 0 Å². The van der Waals surface area contributed by atoms with Gasteiger partial charge in [0.2, 0.25) is 0 Å². The van der Waals surface area contributed by atoms with Crippen molar-refractivity contribution in [2.24, 2.45) is 5.41 Å². The van der Waals surface area contributed by atoms with Crippen LogP contribution in [0, 0.1) is 19.3 Å². The summed E-state index contributed by atoms with van der Waals surface area (Å²) in [6.45, 7) is 9.74. The highest BCUT2D eigenvalue weighted by molar-refractivity contribution is 6.30. The van der Waals surface area contributed by atoms with Crippen molar-refractivity contribution < 1.29 is 4.74 Å². The molecule has 0 fully saturated rings. The first-order valence-corrected chi connectivity index (χ1v) is 6.47. The molecule has 18 heavy (non-hydrogen) atoms. The number of halogens is 1. The van der Waals surface area contributed by atoms with E-state index >= 15 is 0 Å². The van der Waals surface area contributed by atoms with Crippen LogP contribution >= 0.6 is 11.6 Å². The van der Waals surface area contributed by atoms with Gasteiger partial charge in [-0.2, -0.15) is 0 Å². The molecule has 1 aromatic heterocycles. The summed E-state index contributed by atoms with van der Waals surface area (Å²) in [5, 5.41) is 3.87. The summed E-state index contributed by atoms with van der Waals surface area (Å²) < 4.78 is 5.12. The smallest absolute Gasteiger partial charge is 0.137 e. The van der Waals surface area contributed by atoms with Crippen LogP contribution in [-0.2, 0) is 4.74 Å². The molecule has 1 N–H and O–H groups in total. The zero-order valence-electron chi connectivity index (χ0n) is 11.8. The van der Waals surface area contributed by atoms with E-state index in [4.69, 9.17) is 16.3 Å². The first kappa shape index (κ1) is 15.2. The Balaban J connectivity index is 2.68. The maximum absolute atomic E-state index is 6.04. The molecule has 0 aliphatic heterocycles. The summed E-state index contributed by atoms with van der Waals surface area (Å²) in [6, 6.07) is 0. The van der Waals surface area contributed by atoms with Gasteiger partial charge in [-0.25, -0.2) is 9.97 Å². The van der Waals surface area contributed by atoms with Crippen LogP contribution in [0.1, 0.15) is 31.7 Å². The zero-order chi connectivity index (χ0) is 13.8. The molecule has 0 aromatic carbocycles. The highest BCUT2D eigenvalue weighted by Gasteiger charge is 2.18. The van der Waals surface area contributed by atoms with Gasteiger partial charge in [-0.05, 0) is 25.7 Å². The molecule has 1 aromatic rings. The number of aromatic nitrogens is 2. The fourth-order valence-electron chi connectivity index (χ4n) is 1.56. The molecule has 0 saturated heterocycles. The minimum atomic E-state index is 0.147. The van der Waals surface area contributed by atoms with E-state index in [2.05, 4.69) is 29.1 Å². The Bertz CT molecular complexity index is 407. The minimum absolute atomic E-state index is 0.147. The number of hydrogen-bond donors (Lipinski definition) is 1. The van der Waals surface area contributed by atoms with Crippen LogP contribution in [0.5, 0.6) is 0 Å². The van der Waals surface area contributed by atoms with Crippen molar-refractivity contribution in [2.75, 3.05) is 25.6 Å². The number of rotatable bonds is 6. The van der Waals surface area contributed by atoms with Gasteiger partial charge in [0.1, 0.15) is 16.8 Å². The van der Waals surface area contributed by atoms with Crippen molar-refractivity contribution in [2.45, 2.75) is 34.1 Å². The third-order valence-electron chi connectivity index (χ3n) is 2.92. The van der Waals surface area contributed by atoms with Crippen LogP contribution in [0.15, 0.2) is 0 Å². The van der Waals surface area contributed by atoms with Crippen molar-refractivity contribution in [3.05, 3.63) is 16.5 Å². The number of aryl methyl sites for hydroxylation is 1. The molecule has 0 radical (unpaired) electrons. The largest absolute Gasteiger partial charge is 0.385 e. The Kier molecular flexibility index (Phi) is 5.35. The maximum Gasteiger partial charge on any atom is 0.137 e. The van der Waals surface area contributed by atoms with Crippen LogP contribution in [0.4, 0.5) is 5.82 Å². The number of methoxy groups -OCH3 is 1. The van der Waals surface area contributed by atoms with Gasteiger partial charge in [-0.3, -0.25) is 0 Å². The molecule has 0 saturated carbocycles.